The molecular weight excluding hydrogens is 178 g/mol. The first kappa shape index (κ1) is 9.49. The molecule has 1 aromatic carbocycles. The van der Waals surface area contributed by atoms with Crippen LogP contribution in [0.2, 0.25) is 0 Å². The molecular formula is C11H15NO2. The van der Waals surface area contributed by atoms with Gasteiger partial charge in [-0.2, -0.15) is 0 Å². The van der Waals surface area contributed by atoms with Gasteiger partial charge in [-0.25, -0.2) is 0 Å². The van der Waals surface area contributed by atoms with Crippen molar-refractivity contribution in [2.75, 3.05) is 13.2 Å². The quantitative estimate of drug-likeness (QED) is 0.730. The van der Waals surface area contributed by atoms with Crippen LogP contribution in [0.5, 0.6) is 5.75 Å². The monoisotopic (exact) mass is 193 g/mol. The summed E-state index contributed by atoms with van der Waals surface area (Å²) in [5.74, 6) is 0.910. The van der Waals surface area contributed by atoms with E-state index in [0.717, 1.165) is 23.3 Å². The second kappa shape index (κ2) is 3.26. The standard InChI is InChI=1S/C11H15NO2/c1-11(12,7-13)9-3-2-4-10-8(9)5-6-14-10/h2-4,13H,5-7,12H2,1H3/t11-/m0/s1. The zero-order chi connectivity index (χ0) is 10.2. The lowest BCUT2D eigenvalue weighted by Gasteiger charge is -2.24. The fourth-order valence-electron chi connectivity index (χ4n) is 1.84. The summed E-state index contributed by atoms with van der Waals surface area (Å²) in [6, 6.07) is 5.82. The van der Waals surface area contributed by atoms with Crippen molar-refractivity contribution in [2.24, 2.45) is 5.73 Å². The lowest BCUT2D eigenvalue weighted by atomic mass is 9.89. The highest BCUT2D eigenvalue weighted by atomic mass is 16.5. The molecule has 3 N–H and O–H groups in total. The highest BCUT2D eigenvalue weighted by molar-refractivity contribution is 5.45. The third-order valence-corrected chi connectivity index (χ3v) is 2.69. The Balaban J connectivity index is 2.49. The summed E-state index contributed by atoms with van der Waals surface area (Å²) >= 11 is 0. The molecule has 0 amide bonds. The fraction of sp³-hybridized carbons (Fsp3) is 0.455. The Morgan fingerprint density at radius 2 is 2.36 bits per heavy atom. The zero-order valence-electron chi connectivity index (χ0n) is 8.29. The maximum absolute atomic E-state index is 9.21. The molecule has 0 bridgehead atoms. The van der Waals surface area contributed by atoms with Gasteiger partial charge in [0.1, 0.15) is 5.75 Å². The molecule has 0 aromatic heterocycles. The van der Waals surface area contributed by atoms with E-state index in [2.05, 4.69) is 0 Å². The van der Waals surface area contributed by atoms with Crippen molar-refractivity contribution in [2.45, 2.75) is 18.9 Å². The van der Waals surface area contributed by atoms with Crippen LogP contribution in [0.3, 0.4) is 0 Å². The van der Waals surface area contributed by atoms with Crippen LogP contribution < -0.4 is 10.5 Å². The van der Waals surface area contributed by atoms with Crippen LogP contribution in [-0.4, -0.2) is 18.3 Å². The number of hydrogen-bond acceptors (Lipinski definition) is 3. The molecule has 0 fully saturated rings. The smallest absolute Gasteiger partial charge is 0.122 e. The first-order valence-electron chi connectivity index (χ1n) is 4.80. The minimum absolute atomic E-state index is 0.0521. The van der Waals surface area contributed by atoms with Crippen LogP contribution in [0.15, 0.2) is 18.2 Å². The molecule has 1 heterocycles. The minimum Gasteiger partial charge on any atom is -0.493 e. The van der Waals surface area contributed by atoms with E-state index in [9.17, 15) is 5.11 Å². The lowest BCUT2D eigenvalue weighted by molar-refractivity contribution is 0.209. The van der Waals surface area contributed by atoms with Gasteiger partial charge in [0, 0.05) is 12.0 Å². The maximum Gasteiger partial charge on any atom is 0.122 e. The van der Waals surface area contributed by atoms with Gasteiger partial charge < -0.3 is 15.6 Å². The molecule has 1 aromatic rings. The summed E-state index contributed by atoms with van der Waals surface area (Å²) in [6.07, 6.45) is 0.887. The summed E-state index contributed by atoms with van der Waals surface area (Å²) in [5.41, 5.74) is 7.48. The van der Waals surface area contributed by atoms with Crippen molar-refractivity contribution in [1.82, 2.24) is 0 Å². The molecule has 14 heavy (non-hydrogen) atoms. The number of hydrogen-bond donors (Lipinski definition) is 2. The van der Waals surface area contributed by atoms with E-state index < -0.39 is 5.54 Å². The molecule has 1 aliphatic heterocycles. The van der Waals surface area contributed by atoms with Crippen molar-refractivity contribution in [3.05, 3.63) is 29.3 Å². The van der Waals surface area contributed by atoms with E-state index in [1.807, 2.05) is 25.1 Å². The average molecular weight is 193 g/mol. The van der Waals surface area contributed by atoms with Crippen LogP contribution in [0, 0.1) is 0 Å². The summed E-state index contributed by atoms with van der Waals surface area (Å²) in [6.45, 7) is 2.50. The molecule has 0 aliphatic carbocycles. The molecule has 1 atom stereocenters. The molecule has 0 spiro atoms. The normalized spacial score (nSPS) is 18.5. The summed E-state index contributed by atoms with van der Waals surface area (Å²) in [7, 11) is 0. The lowest BCUT2D eigenvalue weighted by Crippen LogP contribution is -2.37. The SMILES string of the molecule is C[C@](N)(CO)c1cccc2c1CCO2. The van der Waals surface area contributed by atoms with Gasteiger partial charge in [0.15, 0.2) is 0 Å². The van der Waals surface area contributed by atoms with Crippen molar-refractivity contribution in [3.8, 4) is 5.75 Å². The fourth-order valence-corrected chi connectivity index (χ4v) is 1.84. The highest BCUT2D eigenvalue weighted by Crippen LogP contribution is 2.32. The van der Waals surface area contributed by atoms with Crippen LogP contribution in [-0.2, 0) is 12.0 Å². The molecule has 76 valence electrons. The Morgan fingerprint density at radius 1 is 1.57 bits per heavy atom. The van der Waals surface area contributed by atoms with Crippen LogP contribution in [0.1, 0.15) is 18.1 Å². The molecule has 0 radical (unpaired) electrons. The largest absolute Gasteiger partial charge is 0.493 e. The van der Waals surface area contributed by atoms with Gasteiger partial charge in [-0.05, 0) is 18.6 Å². The van der Waals surface area contributed by atoms with Crippen molar-refractivity contribution >= 4 is 0 Å². The number of aliphatic hydroxyl groups is 1. The predicted molar refractivity (Wildman–Crippen MR) is 54.3 cm³/mol. The second-order valence-corrected chi connectivity index (χ2v) is 3.96. The van der Waals surface area contributed by atoms with E-state index in [1.165, 1.54) is 0 Å². The van der Waals surface area contributed by atoms with E-state index in [-0.39, 0.29) is 6.61 Å². The van der Waals surface area contributed by atoms with Crippen molar-refractivity contribution in [1.29, 1.82) is 0 Å². The van der Waals surface area contributed by atoms with Gasteiger partial charge in [-0.15, -0.1) is 0 Å². The van der Waals surface area contributed by atoms with Crippen LogP contribution in [0.4, 0.5) is 0 Å². The minimum atomic E-state index is -0.668. The molecule has 1 aliphatic rings. The Labute approximate surface area is 83.5 Å². The zero-order valence-corrected chi connectivity index (χ0v) is 8.29. The summed E-state index contributed by atoms with van der Waals surface area (Å²) < 4.78 is 5.44. The van der Waals surface area contributed by atoms with Crippen LogP contribution in [0.25, 0.3) is 0 Å². The van der Waals surface area contributed by atoms with E-state index in [4.69, 9.17) is 10.5 Å². The Kier molecular flexibility index (Phi) is 2.21. The number of rotatable bonds is 2. The van der Waals surface area contributed by atoms with Crippen LogP contribution >= 0.6 is 0 Å². The van der Waals surface area contributed by atoms with Gasteiger partial charge >= 0.3 is 0 Å². The maximum atomic E-state index is 9.21. The third kappa shape index (κ3) is 1.38. The van der Waals surface area contributed by atoms with Gasteiger partial charge in [-0.1, -0.05) is 12.1 Å². The van der Waals surface area contributed by atoms with Gasteiger partial charge in [0.2, 0.25) is 0 Å². The third-order valence-electron chi connectivity index (χ3n) is 2.69. The number of aliphatic hydroxyl groups excluding tert-OH is 1. The molecule has 3 heteroatoms. The topological polar surface area (TPSA) is 55.5 Å². The highest BCUT2D eigenvalue weighted by Gasteiger charge is 2.27. The Bertz CT molecular complexity index is 347. The first-order valence-corrected chi connectivity index (χ1v) is 4.80. The Morgan fingerprint density at radius 3 is 3.07 bits per heavy atom. The number of nitrogens with two attached hydrogens (primary N) is 1. The number of fused-ring (bicyclic) bond motifs is 1. The van der Waals surface area contributed by atoms with Crippen molar-refractivity contribution < 1.29 is 9.84 Å². The summed E-state index contributed by atoms with van der Waals surface area (Å²) in [4.78, 5) is 0. The number of benzene rings is 1. The average Bonchev–Trinajstić information content (AvgIpc) is 2.64. The molecule has 0 saturated heterocycles. The van der Waals surface area contributed by atoms with E-state index in [1.54, 1.807) is 0 Å². The molecule has 0 saturated carbocycles. The van der Waals surface area contributed by atoms with Crippen molar-refractivity contribution in [3.63, 3.8) is 0 Å². The molecule has 3 nitrogen and oxygen atoms in total. The van der Waals surface area contributed by atoms with E-state index in [0.29, 0.717) is 6.61 Å². The van der Waals surface area contributed by atoms with Gasteiger partial charge in [0.05, 0.1) is 18.8 Å². The molecule has 0 unspecified atom stereocenters. The van der Waals surface area contributed by atoms with Gasteiger partial charge in [-0.3, -0.25) is 0 Å². The predicted octanol–water partition coefficient (Wildman–Crippen LogP) is 0.788. The van der Waals surface area contributed by atoms with Gasteiger partial charge in [0.25, 0.3) is 0 Å². The number of ether oxygens (including phenoxy) is 1. The summed E-state index contributed by atoms with van der Waals surface area (Å²) in [5, 5.41) is 9.21. The Hall–Kier alpha value is -1.06. The second-order valence-electron chi connectivity index (χ2n) is 3.96. The molecule has 2 rings (SSSR count). The van der Waals surface area contributed by atoms with E-state index >= 15 is 0 Å². The first-order chi connectivity index (χ1) is 6.65.